The molecular weight excluding hydrogens is 256 g/mol. The maximum atomic E-state index is 12.0. The fraction of sp³-hybridized carbons (Fsp3) is 0.714. The number of rotatable bonds is 3. The average molecular weight is 278 g/mol. The first kappa shape index (κ1) is 13.4. The van der Waals surface area contributed by atoms with E-state index in [9.17, 15) is 4.79 Å². The molecule has 6 heteroatoms. The van der Waals surface area contributed by atoms with Crippen molar-refractivity contribution in [3.63, 3.8) is 0 Å². The minimum Gasteiger partial charge on any atom is -0.359 e. The Morgan fingerprint density at radius 3 is 3.15 bits per heavy atom. The van der Waals surface area contributed by atoms with E-state index in [1.165, 1.54) is 25.8 Å². The second-order valence-corrected chi connectivity index (χ2v) is 5.76. The average Bonchev–Trinajstić information content (AvgIpc) is 3.04. The number of nitrogens with one attached hydrogen (secondary N) is 2. The molecule has 0 radical (unpaired) electrons. The Kier molecular flexibility index (Phi) is 3.91. The summed E-state index contributed by atoms with van der Waals surface area (Å²) in [5.74, 6) is 0.684. The van der Waals surface area contributed by atoms with Crippen molar-refractivity contribution < 1.29 is 9.32 Å². The number of hydrogen-bond acceptors (Lipinski definition) is 4. The molecule has 2 N–H and O–H groups in total. The molecule has 2 unspecified atom stereocenters. The predicted octanol–water partition coefficient (Wildman–Crippen LogP) is 1.41. The minimum atomic E-state index is -0.114. The molecule has 1 aromatic rings. The maximum absolute atomic E-state index is 12.0. The molecular formula is C14H22N4O2. The Hall–Kier alpha value is -1.56. The van der Waals surface area contributed by atoms with E-state index in [-0.39, 0.29) is 12.1 Å². The van der Waals surface area contributed by atoms with Gasteiger partial charge in [0.1, 0.15) is 0 Å². The van der Waals surface area contributed by atoms with Gasteiger partial charge >= 0.3 is 6.03 Å². The monoisotopic (exact) mass is 278 g/mol. The number of carbonyl (C=O) groups excluding carboxylic acids is 1. The smallest absolute Gasteiger partial charge is 0.315 e. The number of amides is 2. The van der Waals surface area contributed by atoms with Gasteiger partial charge in [0.2, 0.25) is 0 Å². The standard InChI is InChI=1S/C14H22N4O2/c1-10-8-11(20-17-10)9-15-14(19)16-12-5-7-18-6-3-2-4-13(12)18/h8,12-13H,2-7,9H2,1H3,(H2,15,16,19). The van der Waals surface area contributed by atoms with Gasteiger partial charge in [-0.25, -0.2) is 4.79 Å². The third-order valence-electron chi connectivity index (χ3n) is 4.27. The predicted molar refractivity (Wildman–Crippen MR) is 74.2 cm³/mol. The largest absolute Gasteiger partial charge is 0.359 e. The molecule has 0 bridgehead atoms. The van der Waals surface area contributed by atoms with Crippen molar-refractivity contribution in [2.75, 3.05) is 13.1 Å². The fourth-order valence-electron chi connectivity index (χ4n) is 3.30. The molecule has 0 saturated carbocycles. The number of aromatic nitrogens is 1. The zero-order valence-corrected chi connectivity index (χ0v) is 11.9. The topological polar surface area (TPSA) is 70.4 Å². The Balaban J connectivity index is 1.46. The van der Waals surface area contributed by atoms with Crippen LogP contribution in [-0.2, 0) is 6.54 Å². The highest BCUT2D eigenvalue weighted by Crippen LogP contribution is 2.26. The van der Waals surface area contributed by atoms with Crippen molar-refractivity contribution in [3.8, 4) is 0 Å². The number of hydrogen-bond donors (Lipinski definition) is 2. The highest BCUT2D eigenvalue weighted by molar-refractivity contribution is 5.74. The normalized spacial score (nSPS) is 26.2. The van der Waals surface area contributed by atoms with Crippen LogP contribution in [0, 0.1) is 6.92 Å². The minimum absolute atomic E-state index is 0.114. The molecule has 0 aromatic carbocycles. The van der Waals surface area contributed by atoms with E-state index in [1.54, 1.807) is 0 Å². The third-order valence-corrected chi connectivity index (χ3v) is 4.27. The Labute approximate surface area is 118 Å². The van der Waals surface area contributed by atoms with Crippen molar-refractivity contribution >= 4 is 6.03 Å². The molecule has 2 saturated heterocycles. The lowest BCUT2D eigenvalue weighted by Gasteiger charge is -2.32. The molecule has 110 valence electrons. The van der Waals surface area contributed by atoms with Gasteiger partial charge in [0, 0.05) is 24.7 Å². The van der Waals surface area contributed by atoms with E-state index in [0.717, 1.165) is 18.7 Å². The summed E-state index contributed by atoms with van der Waals surface area (Å²) >= 11 is 0. The van der Waals surface area contributed by atoms with Gasteiger partial charge in [-0.1, -0.05) is 11.6 Å². The van der Waals surface area contributed by atoms with E-state index in [2.05, 4.69) is 20.7 Å². The molecule has 1 aromatic heterocycles. The van der Waals surface area contributed by atoms with Gasteiger partial charge in [-0.3, -0.25) is 4.90 Å². The maximum Gasteiger partial charge on any atom is 0.315 e. The SMILES string of the molecule is Cc1cc(CNC(=O)NC2CCN3CCCCC23)on1. The number of urea groups is 1. The van der Waals surface area contributed by atoms with Crippen molar-refractivity contribution in [3.05, 3.63) is 17.5 Å². The number of carbonyl (C=O) groups is 1. The summed E-state index contributed by atoms with van der Waals surface area (Å²) in [6.45, 7) is 4.54. The van der Waals surface area contributed by atoms with Crippen LogP contribution < -0.4 is 10.6 Å². The van der Waals surface area contributed by atoms with E-state index in [4.69, 9.17) is 4.52 Å². The number of fused-ring (bicyclic) bond motifs is 1. The van der Waals surface area contributed by atoms with Crippen LogP contribution in [0.3, 0.4) is 0 Å². The first-order chi connectivity index (χ1) is 9.72. The lowest BCUT2D eigenvalue weighted by Crippen LogP contribution is -2.49. The second-order valence-electron chi connectivity index (χ2n) is 5.76. The molecule has 6 nitrogen and oxygen atoms in total. The van der Waals surface area contributed by atoms with Crippen molar-refractivity contribution in [2.24, 2.45) is 0 Å². The molecule has 0 spiro atoms. The number of nitrogens with zero attached hydrogens (tertiary/aromatic N) is 2. The summed E-state index contributed by atoms with van der Waals surface area (Å²) in [6, 6.07) is 2.53. The van der Waals surface area contributed by atoms with E-state index >= 15 is 0 Å². The van der Waals surface area contributed by atoms with Crippen LogP contribution in [0.5, 0.6) is 0 Å². The van der Waals surface area contributed by atoms with Crippen molar-refractivity contribution in [2.45, 2.75) is 51.2 Å². The van der Waals surface area contributed by atoms with Crippen LogP contribution in [0.4, 0.5) is 4.79 Å². The Morgan fingerprint density at radius 2 is 2.35 bits per heavy atom. The van der Waals surface area contributed by atoms with Crippen LogP contribution >= 0.6 is 0 Å². The molecule has 2 fully saturated rings. The number of piperidine rings is 1. The summed E-state index contributed by atoms with van der Waals surface area (Å²) in [6.07, 6.45) is 4.82. The lowest BCUT2D eigenvalue weighted by molar-refractivity contribution is 0.178. The summed E-state index contributed by atoms with van der Waals surface area (Å²) < 4.78 is 5.07. The van der Waals surface area contributed by atoms with Gasteiger partial charge in [-0.15, -0.1) is 0 Å². The molecule has 2 amide bonds. The van der Waals surface area contributed by atoms with Gasteiger partial charge < -0.3 is 15.2 Å². The van der Waals surface area contributed by atoms with Crippen LogP contribution in [0.2, 0.25) is 0 Å². The summed E-state index contributed by atoms with van der Waals surface area (Å²) in [4.78, 5) is 14.5. The molecule has 2 aliphatic heterocycles. The molecule has 3 rings (SSSR count). The second kappa shape index (κ2) is 5.83. The summed E-state index contributed by atoms with van der Waals surface area (Å²) in [5, 5.41) is 9.73. The molecule has 3 heterocycles. The Morgan fingerprint density at radius 1 is 1.45 bits per heavy atom. The Bertz CT molecular complexity index is 473. The summed E-state index contributed by atoms with van der Waals surface area (Å²) in [7, 11) is 0. The zero-order chi connectivity index (χ0) is 13.9. The van der Waals surface area contributed by atoms with Gasteiger partial charge in [0.25, 0.3) is 0 Å². The molecule has 0 aliphatic carbocycles. The zero-order valence-electron chi connectivity index (χ0n) is 11.9. The van der Waals surface area contributed by atoms with E-state index in [1.807, 2.05) is 13.0 Å². The fourth-order valence-corrected chi connectivity index (χ4v) is 3.30. The molecule has 2 atom stereocenters. The van der Waals surface area contributed by atoms with Gasteiger partial charge in [-0.05, 0) is 32.7 Å². The van der Waals surface area contributed by atoms with Crippen LogP contribution in [0.1, 0.15) is 37.1 Å². The summed E-state index contributed by atoms with van der Waals surface area (Å²) in [5.41, 5.74) is 0.829. The van der Waals surface area contributed by atoms with Gasteiger partial charge in [-0.2, -0.15) is 0 Å². The first-order valence-corrected chi connectivity index (χ1v) is 7.43. The number of aryl methyl sites for hydroxylation is 1. The van der Waals surface area contributed by atoms with Gasteiger partial charge in [0.05, 0.1) is 12.2 Å². The lowest BCUT2D eigenvalue weighted by atomic mass is 9.99. The first-order valence-electron chi connectivity index (χ1n) is 7.43. The van der Waals surface area contributed by atoms with Crippen molar-refractivity contribution in [1.82, 2.24) is 20.7 Å². The van der Waals surface area contributed by atoms with Crippen LogP contribution in [0.15, 0.2) is 10.6 Å². The highest BCUT2D eigenvalue weighted by atomic mass is 16.5. The van der Waals surface area contributed by atoms with Gasteiger partial charge in [0.15, 0.2) is 5.76 Å². The van der Waals surface area contributed by atoms with E-state index < -0.39 is 0 Å². The van der Waals surface area contributed by atoms with Crippen molar-refractivity contribution in [1.29, 1.82) is 0 Å². The van der Waals surface area contributed by atoms with E-state index in [0.29, 0.717) is 18.3 Å². The molecule has 20 heavy (non-hydrogen) atoms. The quantitative estimate of drug-likeness (QED) is 0.877. The van der Waals surface area contributed by atoms with Crippen LogP contribution in [0.25, 0.3) is 0 Å². The highest BCUT2D eigenvalue weighted by Gasteiger charge is 2.36. The van der Waals surface area contributed by atoms with Crippen LogP contribution in [-0.4, -0.2) is 41.3 Å². The molecule has 2 aliphatic rings. The third kappa shape index (κ3) is 2.95.